The molecule has 1 saturated heterocycles. The van der Waals surface area contributed by atoms with Gasteiger partial charge in [0.1, 0.15) is 0 Å². The Labute approximate surface area is 126 Å². The van der Waals surface area contributed by atoms with E-state index in [1.165, 1.54) is 0 Å². The van der Waals surface area contributed by atoms with Crippen LogP contribution < -0.4 is 5.46 Å². The van der Waals surface area contributed by atoms with Crippen molar-refractivity contribution >= 4 is 12.6 Å². The highest BCUT2D eigenvalue weighted by atomic mass is 16.7. The van der Waals surface area contributed by atoms with Crippen LogP contribution >= 0.6 is 0 Å². The van der Waals surface area contributed by atoms with E-state index in [0.717, 1.165) is 16.8 Å². The molecule has 2 aromatic rings. The number of benzene rings is 1. The molecule has 0 atom stereocenters. The molecule has 0 saturated carbocycles. The van der Waals surface area contributed by atoms with Gasteiger partial charge in [0.15, 0.2) is 0 Å². The predicted molar refractivity (Wildman–Crippen MR) is 84.0 cm³/mol. The Hall–Kier alpha value is -1.59. The second-order valence-electron chi connectivity index (χ2n) is 6.58. The lowest BCUT2D eigenvalue weighted by molar-refractivity contribution is 0.00578. The van der Waals surface area contributed by atoms with Crippen molar-refractivity contribution in [3.8, 4) is 5.69 Å². The van der Waals surface area contributed by atoms with Crippen molar-refractivity contribution in [2.45, 2.75) is 45.8 Å². The SMILES string of the molecule is Cc1ccn(-c2cccc(B3OC(C)(C)C(C)(C)O3)c2)n1. The number of hydrogen-bond acceptors (Lipinski definition) is 3. The van der Waals surface area contributed by atoms with Crippen molar-refractivity contribution in [3.63, 3.8) is 0 Å². The molecule has 21 heavy (non-hydrogen) atoms. The van der Waals surface area contributed by atoms with Gasteiger partial charge in [-0.3, -0.25) is 0 Å². The zero-order chi connectivity index (χ0) is 15.3. The summed E-state index contributed by atoms with van der Waals surface area (Å²) in [6.45, 7) is 10.2. The van der Waals surface area contributed by atoms with Gasteiger partial charge in [-0.15, -0.1) is 0 Å². The Morgan fingerprint density at radius 1 is 1.05 bits per heavy atom. The van der Waals surface area contributed by atoms with Crippen molar-refractivity contribution in [2.24, 2.45) is 0 Å². The average Bonchev–Trinajstić information content (AvgIpc) is 2.92. The summed E-state index contributed by atoms with van der Waals surface area (Å²) < 4.78 is 14.1. The second-order valence-corrected chi connectivity index (χ2v) is 6.58. The van der Waals surface area contributed by atoms with Crippen molar-refractivity contribution in [3.05, 3.63) is 42.2 Å². The fourth-order valence-electron chi connectivity index (χ4n) is 2.35. The van der Waals surface area contributed by atoms with E-state index in [2.05, 4.69) is 38.9 Å². The minimum absolute atomic E-state index is 0.323. The molecule has 1 fully saturated rings. The molecule has 1 aliphatic heterocycles. The maximum Gasteiger partial charge on any atom is 0.494 e. The topological polar surface area (TPSA) is 36.3 Å². The molecule has 1 aliphatic rings. The number of rotatable bonds is 2. The lowest BCUT2D eigenvalue weighted by Gasteiger charge is -2.32. The maximum absolute atomic E-state index is 6.09. The molecular weight excluding hydrogens is 263 g/mol. The van der Waals surface area contributed by atoms with Crippen LogP contribution in [0.1, 0.15) is 33.4 Å². The summed E-state index contributed by atoms with van der Waals surface area (Å²) >= 11 is 0. The van der Waals surface area contributed by atoms with Crippen molar-refractivity contribution in [1.29, 1.82) is 0 Å². The minimum atomic E-state index is -0.341. The molecule has 3 rings (SSSR count). The fraction of sp³-hybridized carbons (Fsp3) is 0.438. The van der Waals surface area contributed by atoms with E-state index >= 15 is 0 Å². The van der Waals surface area contributed by atoms with Gasteiger partial charge in [-0.2, -0.15) is 5.10 Å². The van der Waals surface area contributed by atoms with Gasteiger partial charge < -0.3 is 9.31 Å². The third kappa shape index (κ3) is 2.52. The Bertz CT molecular complexity index is 648. The first-order valence-electron chi connectivity index (χ1n) is 7.27. The zero-order valence-corrected chi connectivity index (χ0v) is 13.3. The molecule has 0 bridgehead atoms. The van der Waals surface area contributed by atoms with Crippen molar-refractivity contribution < 1.29 is 9.31 Å². The third-order valence-electron chi connectivity index (χ3n) is 4.38. The lowest BCUT2D eigenvalue weighted by atomic mass is 9.79. The average molecular weight is 284 g/mol. The Kier molecular flexibility index (Phi) is 3.22. The van der Waals surface area contributed by atoms with Gasteiger partial charge in [0.05, 0.1) is 22.6 Å². The van der Waals surface area contributed by atoms with Gasteiger partial charge in [0.2, 0.25) is 0 Å². The molecule has 0 amide bonds. The number of aryl methyl sites for hydroxylation is 1. The Morgan fingerprint density at radius 2 is 1.71 bits per heavy atom. The van der Waals surface area contributed by atoms with Gasteiger partial charge in [0, 0.05) is 6.20 Å². The van der Waals surface area contributed by atoms with E-state index in [1.54, 1.807) is 0 Å². The summed E-state index contributed by atoms with van der Waals surface area (Å²) in [5.41, 5.74) is 2.37. The van der Waals surface area contributed by atoms with Crippen LogP contribution in [0.4, 0.5) is 0 Å². The monoisotopic (exact) mass is 284 g/mol. The highest BCUT2D eigenvalue weighted by Crippen LogP contribution is 2.36. The third-order valence-corrected chi connectivity index (χ3v) is 4.38. The smallest absolute Gasteiger partial charge is 0.399 e. The molecule has 0 unspecified atom stereocenters. The van der Waals surface area contributed by atoms with Crippen molar-refractivity contribution in [1.82, 2.24) is 9.78 Å². The molecule has 0 radical (unpaired) electrons. The second kappa shape index (κ2) is 4.72. The van der Waals surface area contributed by atoms with E-state index in [1.807, 2.05) is 42.1 Å². The van der Waals surface area contributed by atoms with E-state index in [4.69, 9.17) is 9.31 Å². The number of aromatic nitrogens is 2. The van der Waals surface area contributed by atoms with E-state index in [0.29, 0.717) is 0 Å². The summed E-state index contributed by atoms with van der Waals surface area (Å²) in [7, 11) is -0.341. The first-order chi connectivity index (χ1) is 9.78. The Balaban J connectivity index is 1.91. The van der Waals surface area contributed by atoms with Crippen LogP contribution in [0.2, 0.25) is 0 Å². The van der Waals surface area contributed by atoms with Gasteiger partial charge in [-0.05, 0) is 58.3 Å². The van der Waals surface area contributed by atoms with Gasteiger partial charge >= 0.3 is 7.12 Å². The predicted octanol–water partition coefficient (Wildman–Crippen LogP) is 2.48. The summed E-state index contributed by atoms with van der Waals surface area (Å²) in [5, 5.41) is 4.44. The highest BCUT2D eigenvalue weighted by Gasteiger charge is 2.51. The van der Waals surface area contributed by atoms with Crippen LogP contribution in [0.5, 0.6) is 0 Å². The molecule has 4 nitrogen and oxygen atoms in total. The molecule has 0 aliphatic carbocycles. The molecule has 110 valence electrons. The van der Waals surface area contributed by atoms with Gasteiger partial charge in [-0.25, -0.2) is 4.68 Å². The minimum Gasteiger partial charge on any atom is -0.399 e. The first kappa shape index (κ1) is 14.4. The lowest BCUT2D eigenvalue weighted by Crippen LogP contribution is -2.41. The van der Waals surface area contributed by atoms with Crippen LogP contribution in [0.15, 0.2) is 36.5 Å². The summed E-state index contributed by atoms with van der Waals surface area (Å²) in [5.74, 6) is 0. The summed E-state index contributed by atoms with van der Waals surface area (Å²) in [6.07, 6.45) is 1.96. The van der Waals surface area contributed by atoms with Crippen LogP contribution in [-0.2, 0) is 9.31 Å². The van der Waals surface area contributed by atoms with E-state index < -0.39 is 0 Å². The largest absolute Gasteiger partial charge is 0.494 e. The highest BCUT2D eigenvalue weighted by molar-refractivity contribution is 6.62. The van der Waals surface area contributed by atoms with E-state index in [-0.39, 0.29) is 18.3 Å². The zero-order valence-electron chi connectivity index (χ0n) is 13.3. The van der Waals surface area contributed by atoms with Gasteiger partial charge in [0.25, 0.3) is 0 Å². The van der Waals surface area contributed by atoms with Gasteiger partial charge in [-0.1, -0.05) is 12.1 Å². The number of hydrogen-bond donors (Lipinski definition) is 0. The van der Waals surface area contributed by atoms with E-state index in [9.17, 15) is 0 Å². The molecular formula is C16H21BN2O2. The molecule has 5 heteroatoms. The molecule has 0 spiro atoms. The van der Waals surface area contributed by atoms with Crippen LogP contribution in [-0.4, -0.2) is 28.1 Å². The summed E-state index contributed by atoms with van der Waals surface area (Å²) in [6, 6.07) is 10.1. The van der Waals surface area contributed by atoms with Crippen LogP contribution in [0.25, 0.3) is 5.69 Å². The van der Waals surface area contributed by atoms with Crippen LogP contribution in [0.3, 0.4) is 0 Å². The van der Waals surface area contributed by atoms with Crippen molar-refractivity contribution in [2.75, 3.05) is 0 Å². The fourth-order valence-corrected chi connectivity index (χ4v) is 2.35. The molecule has 1 aromatic heterocycles. The molecule has 1 aromatic carbocycles. The quantitative estimate of drug-likeness (QED) is 0.795. The summed E-state index contributed by atoms with van der Waals surface area (Å²) in [4.78, 5) is 0. The Morgan fingerprint density at radius 3 is 2.29 bits per heavy atom. The standard InChI is InChI=1S/C16H21BN2O2/c1-12-9-10-19(18-12)14-8-6-7-13(11-14)17-20-15(2,3)16(4,5)21-17/h6-11H,1-5H3. The number of nitrogens with zero attached hydrogens (tertiary/aromatic N) is 2. The normalized spacial score (nSPS) is 20.0. The van der Waals surface area contributed by atoms with Crippen LogP contribution in [0, 0.1) is 6.92 Å². The first-order valence-corrected chi connectivity index (χ1v) is 7.27. The maximum atomic E-state index is 6.09. The molecule has 2 heterocycles. The molecule has 0 N–H and O–H groups in total.